The van der Waals surface area contributed by atoms with Gasteiger partial charge < -0.3 is 0 Å². The Morgan fingerprint density at radius 3 is 2.75 bits per heavy atom. The van der Waals surface area contributed by atoms with Crippen LogP contribution in [-0.2, 0) is 20.2 Å². The van der Waals surface area contributed by atoms with Crippen LogP contribution in [0.1, 0.15) is 11.1 Å². The van der Waals surface area contributed by atoms with E-state index in [9.17, 15) is 9.59 Å². The van der Waals surface area contributed by atoms with Gasteiger partial charge in [-0.2, -0.15) is 0 Å². The fourth-order valence-corrected chi connectivity index (χ4v) is 5.73. The van der Waals surface area contributed by atoms with Crippen molar-refractivity contribution in [3.05, 3.63) is 35.4 Å². The second-order valence-electron chi connectivity index (χ2n) is 5.84. The second kappa shape index (κ2) is 3.86. The summed E-state index contributed by atoms with van der Waals surface area (Å²) in [4.78, 5) is 28.0. The number of imide groups is 1. The quantitative estimate of drug-likeness (QED) is 0.674. The lowest BCUT2D eigenvalue weighted by Crippen LogP contribution is -2.43. The predicted octanol–water partition coefficient (Wildman–Crippen LogP) is 1.26. The fourth-order valence-electron chi connectivity index (χ4n) is 4.01. The summed E-state index contributed by atoms with van der Waals surface area (Å²) < 4.78 is 0. The number of thioether (sulfide) groups is 1. The number of hydrogen-bond acceptors (Lipinski definition) is 4. The topological polar surface area (TPSA) is 40.6 Å². The minimum Gasteiger partial charge on any atom is -0.287 e. The highest BCUT2D eigenvalue weighted by atomic mass is 32.2. The molecule has 1 aromatic carbocycles. The summed E-state index contributed by atoms with van der Waals surface area (Å²) >= 11 is 1.80. The molecule has 4 nitrogen and oxygen atoms in total. The molecule has 3 atom stereocenters. The van der Waals surface area contributed by atoms with E-state index in [1.54, 1.807) is 18.8 Å². The minimum absolute atomic E-state index is 0.0197. The molecule has 0 aliphatic carbocycles. The molecule has 2 fully saturated rings. The molecule has 3 heterocycles. The third-order valence-electron chi connectivity index (χ3n) is 4.96. The van der Waals surface area contributed by atoms with E-state index in [1.165, 1.54) is 16.0 Å². The zero-order valence-corrected chi connectivity index (χ0v) is 12.3. The standard InChI is InChI=1S/C15H16N2O2S/c1-16-7-10-12(14(19)17(2)13(10)18)15(16)11-6-4-3-5-9(11)8-20-15/h3-6,10,12H,7-8H2,1-2H3. The maximum absolute atomic E-state index is 12.6. The van der Waals surface area contributed by atoms with E-state index in [1.807, 2.05) is 19.2 Å². The number of hydrogen-bond donors (Lipinski definition) is 0. The summed E-state index contributed by atoms with van der Waals surface area (Å²) in [6.45, 7) is 0.668. The first-order chi connectivity index (χ1) is 9.57. The van der Waals surface area contributed by atoms with E-state index in [0.717, 1.165) is 5.75 Å². The molecule has 3 unspecified atom stereocenters. The van der Waals surface area contributed by atoms with Gasteiger partial charge in [0.25, 0.3) is 0 Å². The van der Waals surface area contributed by atoms with Crippen molar-refractivity contribution in [2.75, 3.05) is 20.6 Å². The third kappa shape index (κ3) is 1.23. The van der Waals surface area contributed by atoms with Gasteiger partial charge in [0, 0.05) is 19.3 Å². The lowest BCUT2D eigenvalue weighted by molar-refractivity contribution is -0.139. The van der Waals surface area contributed by atoms with Gasteiger partial charge in [-0.15, -0.1) is 11.8 Å². The summed E-state index contributed by atoms with van der Waals surface area (Å²) in [5.74, 6) is 0.451. The molecular formula is C15H16N2O2S. The Labute approximate surface area is 122 Å². The van der Waals surface area contributed by atoms with Crippen LogP contribution in [0.3, 0.4) is 0 Å². The van der Waals surface area contributed by atoms with Gasteiger partial charge in [0.1, 0.15) is 4.87 Å². The van der Waals surface area contributed by atoms with Crippen molar-refractivity contribution in [2.24, 2.45) is 11.8 Å². The number of fused-ring (bicyclic) bond motifs is 4. The zero-order chi connectivity index (χ0) is 14.1. The molecule has 104 valence electrons. The number of carbonyl (C=O) groups is 2. The first-order valence-electron chi connectivity index (χ1n) is 6.82. The SMILES string of the molecule is CN1C(=O)C2CN(C)C3(SCc4ccccc43)C2C1=O. The van der Waals surface area contributed by atoms with Gasteiger partial charge in [-0.05, 0) is 18.2 Å². The molecule has 20 heavy (non-hydrogen) atoms. The number of amides is 2. The Morgan fingerprint density at radius 2 is 1.95 bits per heavy atom. The Bertz CT molecular complexity index is 632. The smallest absolute Gasteiger partial charge is 0.236 e. The maximum Gasteiger partial charge on any atom is 0.236 e. The van der Waals surface area contributed by atoms with E-state index in [0.29, 0.717) is 6.54 Å². The lowest BCUT2D eigenvalue weighted by atomic mass is 9.86. The predicted molar refractivity (Wildman–Crippen MR) is 76.8 cm³/mol. The van der Waals surface area contributed by atoms with Crippen molar-refractivity contribution < 1.29 is 9.59 Å². The molecule has 3 aliphatic rings. The number of benzene rings is 1. The van der Waals surface area contributed by atoms with Crippen LogP contribution in [0.5, 0.6) is 0 Å². The minimum atomic E-state index is -0.348. The monoisotopic (exact) mass is 288 g/mol. The molecule has 1 spiro atoms. The van der Waals surface area contributed by atoms with Crippen molar-refractivity contribution in [1.29, 1.82) is 0 Å². The highest BCUT2D eigenvalue weighted by molar-refractivity contribution is 7.99. The Balaban J connectivity index is 1.91. The molecule has 0 radical (unpaired) electrons. The van der Waals surface area contributed by atoms with Crippen LogP contribution in [0.25, 0.3) is 0 Å². The summed E-state index contributed by atoms with van der Waals surface area (Å²) in [6, 6.07) is 8.31. The molecule has 0 saturated carbocycles. The van der Waals surface area contributed by atoms with Crippen LogP contribution in [0.15, 0.2) is 24.3 Å². The number of rotatable bonds is 0. The number of nitrogens with zero attached hydrogens (tertiary/aromatic N) is 2. The number of carbonyl (C=O) groups excluding carboxylic acids is 2. The van der Waals surface area contributed by atoms with E-state index < -0.39 is 0 Å². The van der Waals surface area contributed by atoms with Crippen molar-refractivity contribution in [1.82, 2.24) is 9.80 Å². The highest BCUT2D eigenvalue weighted by Gasteiger charge is 2.65. The van der Waals surface area contributed by atoms with Crippen LogP contribution in [-0.4, -0.2) is 42.3 Å². The summed E-state index contributed by atoms with van der Waals surface area (Å²) in [7, 11) is 3.65. The maximum atomic E-state index is 12.6. The fraction of sp³-hybridized carbons (Fsp3) is 0.467. The van der Waals surface area contributed by atoms with E-state index in [4.69, 9.17) is 0 Å². The Morgan fingerprint density at radius 1 is 1.20 bits per heavy atom. The van der Waals surface area contributed by atoms with Gasteiger partial charge in [0.05, 0.1) is 11.8 Å². The van der Waals surface area contributed by atoms with Crippen LogP contribution in [0.2, 0.25) is 0 Å². The Hall–Kier alpha value is -1.33. The molecule has 2 saturated heterocycles. The van der Waals surface area contributed by atoms with Gasteiger partial charge in [-0.25, -0.2) is 0 Å². The van der Waals surface area contributed by atoms with Crippen molar-refractivity contribution in [2.45, 2.75) is 10.6 Å². The molecule has 4 rings (SSSR count). The van der Waals surface area contributed by atoms with Gasteiger partial charge in [-0.3, -0.25) is 19.4 Å². The van der Waals surface area contributed by atoms with Crippen LogP contribution >= 0.6 is 11.8 Å². The van der Waals surface area contributed by atoms with E-state index in [2.05, 4.69) is 17.0 Å². The van der Waals surface area contributed by atoms with Crippen molar-refractivity contribution in [3.8, 4) is 0 Å². The molecule has 5 heteroatoms. The third-order valence-corrected chi connectivity index (χ3v) is 6.64. The summed E-state index contributed by atoms with van der Waals surface area (Å²) in [5, 5.41) is 0. The Kier molecular flexibility index (Phi) is 2.40. The molecule has 3 aliphatic heterocycles. The van der Waals surface area contributed by atoms with Gasteiger partial charge in [0.15, 0.2) is 0 Å². The zero-order valence-electron chi connectivity index (χ0n) is 11.5. The molecule has 2 amide bonds. The van der Waals surface area contributed by atoms with Crippen LogP contribution in [0, 0.1) is 11.8 Å². The largest absolute Gasteiger partial charge is 0.287 e. The lowest BCUT2D eigenvalue weighted by Gasteiger charge is -2.36. The molecule has 0 N–H and O–H groups in total. The number of likely N-dealkylation sites (tertiary alicyclic amines) is 2. The van der Waals surface area contributed by atoms with Gasteiger partial charge >= 0.3 is 0 Å². The van der Waals surface area contributed by atoms with Crippen molar-refractivity contribution in [3.63, 3.8) is 0 Å². The average Bonchev–Trinajstić information content (AvgIpc) is 3.04. The van der Waals surface area contributed by atoms with Gasteiger partial charge in [0.2, 0.25) is 11.8 Å². The van der Waals surface area contributed by atoms with Crippen LogP contribution in [0.4, 0.5) is 0 Å². The summed E-state index contributed by atoms with van der Waals surface area (Å²) in [6.07, 6.45) is 0. The molecule has 1 aromatic rings. The second-order valence-corrected chi connectivity index (χ2v) is 7.04. The van der Waals surface area contributed by atoms with Crippen LogP contribution < -0.4 is 0 Å². The van der Waals surface area contributed by atoms with E-state index >= 15 is 0 Å². The van der Waals surface area contributed by atoms with Crippen molar-refractivity contribution >= 4 is 23.6 Å². The average molecular weight is 288 g/mol. The van der Waals surface area contributed by atoms with Gasteiger partial charge in [-0.1, -0.05) is 24.3 Å². The molecular weight excluding hydrogens is 272 g/mol. The normalized spacial score (nSPS) is 36.0. The summed E-state index contributed by atoms with van der Waals surface area (Å²) in [5.41, 5.74) is 2.51. The molecule has 0 aromatic heterocycles. The first-order valence-corrected chi connectivity index (χ1v) is 7.81. The first kappa shape index (κ1) is 12.4. The highest BCUT2D eigenvalue weighted by Crippen LogP contribution is 2.60. The molecule has 0 bridgehead atoms. The van der Waals surface area contributed by atoms with E-state index in [-0.39, 0.29) is 28.5 Å².